The van der Waals surface area contributed by atoms with Crippen LogP contribution in [0.2, 0.25) is 0 Å². The molecule has 7 nitrogen and oxygen atoms in total. The summed E-state index contributed by atoms with van der Waals surface area (Å²) in [6, 6.07) is 12.4. The summed E-state index contributed by atoms with van der Waals surface area (Å²) in [5, 5.41) is 3.82. The molecule has 3 rings (SSSR count). The van der Waals surface area contributed by atoms with Crippen molar-refractivity contribution in [2.45, 2.75) is 26.7 Å². The van der Waals surface area contributed by atoms with Crippen LogP contribution in [-0.4, -0.2) is 35.2 Å². The molecule has 0 saturated carbocycles. The summed E-state index contributed by atoms with van der Waals surface area (Å²) in [7, 11) is 0. The van der Waals surface area contributed by atoms with Crippen LogP contribution in [0.4, 0.5) is 10.1 Å². The van der Waals surface area contributed by atoms with Crippen molar-refractivity contribution in [2.75, 3.05) is 11.9 Å². The van der Waals surface area contributed by atoms with Crippen LogP contribution in [-0.2, 0) is 0 Å². The minimum Gasteiger partial charge on any atom is -0.324 e. The molecule has 2 aromatic rings. The molecule has 0 radical (unpaired) electrons. The average molecular weight is 395 g/mol. The number of aliphatic imine (C=N–C) groups is 2. The van der Waals surface area contributed by atoms with Gasteiger partial charge in [0.15, 0.2) is 0 Å². The minimum atomic E-state index is -0.483. The maximum atomic E-state index is 13.6. The molecule has 1 aliphatic rings. The van der Waals surface area contributed by atoms with Crippen molar-refractivity contribution in [3.05, 3.63) is 65.5 Å². The van der Waals surface area contributed by atoms with Crippen LogP contribution in [0.25, 0.3) is 0 Å². The number of rotatable bonds is 5. The SMILES string of the molecule is CCCN=C(CC)N=C(Nc1cccc(F)c1)NN1C(=O)c2ccccc2C1=O. The van der Waals surface area contributed by atoms with Gasteiger partial charge in [0, 0.05) is 18.7 Å². The summed E-state index contributed by atoms with van der Waals surface area (Å²) in [6.07, 6.45) is 1.41. The maximum absolute atomic E-state index is 13.6. The first kappa shape index (κ1) is 20.2. The number of amidine groups is 1. The van der Waals surface area contributed by atoms with Gasteiger partial charge in [0.2, 0.25) is 5.96 Å². The van der Waals surface area contributed by atoms with Crippen LogP contribution in [0.15, 0.2) is 58.5 Å². The van der Waals surface area contributed by atoms with E-state index in [4.69, 9.17) is 0 Å². The highest BCUT2D eigenvalue weighted by molar-refractivity contribution is 6.22. The molecule has 0 fully saturated rings. The largest absolute Gasteiger partial charge is 0.324 e. The third kappa shape index (κ3) is 4.66. The van der Waals surface area contributed by atoms with E-state index in [1.807, 2.05) is 13.8 Å². The zero-order valence-electron chi connectivity index (χ0n) is 16.3. The van der Waals surface area contributed by atoms with Crippen LogP contribution < -0.4 is 10.7 Å². The molecule has 0 aliphatic carbocycles. The van der Waals surface area contributed by atoms with Gasteiger partial charge in [-0.25, -0.2) is 4.39 Å². The van der Waals surface area contributed by atoms with Gasteiger partial charge >= 0.3 is 0 Å². The number of guanidine groups is 1. The molecule has 1 aliphatic heterocycles. The standard InChI is InChI=1S/C21H22FN5O2/c1-3-12-23-18(4-2)25-21(24-15-9-7-8-14(22)13-15)26-27-19(28)16-10-5-6-11-17(16)20(27)29/h5-11,13H,3-4,12H2,1-2H3,(H2,23,24,25,26). The number of carbonyl (C=O) groups is 2. The van der Waals surface area contributed by atoms with Gasteiger partial charge in [-0.2, -0.15) is 10.0 Å². The minimum absolute atomic E-state index is 0.0989. The third-order valence-corrected chi connectivity index (χ3v) is 4.17. The van der Waals surface area contributed by atoms with E-state index in [1.165, 1.54) is 12.1 Å². The number of hydrazine groups is 1. The van der Waals surface area contributed by atoms with E-state index in [2.05, 4.69) is 20.7 Å². The number of nitrogens with one attached hydrogen (secondary N) is 2. The van der Waals surface area contributed by atoms with Crippen molar-refractivity contribution in [1.29, 1.82) is 0 Å². The molecule has 0 unspecified atom stereocenters. The van der Waals surface area contributed by atoms with E-state index < -0.39 is 17.6 Å². The van der Waals surface area contributed by atoms with Gasteiger partial charge < -0.3 is 5.32 Å². The molecule has 0 aromatic heterocycles. The second kappa shape index (κ2) is 9.09. The van der Waals surface area contributed by atoms with Crippen LogP contribution in [0.1, 0.15) is 47.4 Å². The van der Waals surface area contributed by atoms with E-state index in [-0.39, 0.29) is 5.96 Å². The Hall–Kier alpha value is -3.55. The van der Waals surface area contributed by atoms with Gasteiger partial charge in [-0.05, 0) is 36.8 Å². The Morgan fingerprint density at radius 2 is 1.72 bits per heavy atom. The van der Waals surface area contributed by atoms with Gasteiger partial charge in [0.05, 0.1) is 11.1 Å². The van der Waals surface area contributed by atoms with Gasteiger partial charge in [-0.15, -0.1) is 0 Å². The third-order valence-electron chi connectivity index (χ3n) is 4.17. The summed E-state index contributed by atoms with van der Waals surface area (Å²) in [5.74, 6) is -0.757. The molecular formula is C21H22FN5O2. The fourth-order valence-corrected chi connectivity index (χ4v) is 2.78. The van der Waals surface area contributed by atoms with E-state index in [9.17, 15) is 14.0 Å². The van der Waals surface area contributed by atoms with E-state index in [0.29, 0.717) is 35.6 Å². The van der Waals surface area contributed by atoms with E-state index in [1.54, 1.807) is 36.4 Å². The molecule has 8 heteroatoms. The number of amides is 2. The van der Waals surface area contributed by atoms with E-state index in [0.717, 1.165) is 11.4 Å². The zero-order valence-corrected chi connectivity index (χ0v) is 16.3. The molecule has 0 spiro atoms. The lowest BCUT2D eigenvalue weighted by Crippen LogP contribution is -2.48. The Morgan fingerprint density at radius 3 is 2.31 bits per heavy atom. The topological polar surface area (TPSA) is 86.2 Å². The first-order chi connectivity index (χ1) is 14.0. The number of imide groups is 1. The number of anilines is 1. The highest BCUT2D eigenvalue weighted by atomic mass is 19.1. The number of halogens is 1. The van der Waals surface area contributed by atoms with Gasteiger partial charge in [0.1, 0.15) is 11.7 Å². The summed E-state index contributed by atoms with van der Waals surface area (Å²) in [4.78, 5) is 34.1. The van der Waals surface area contributed by atoms with Crippen molar-refractivity contribution in [2.24, 2.45) is 9.98 Å². The smallest absolute Gasteiger partial charge is 0.280 e. The highest BCUT2D eigenvalue weighted by Gasteiger charge is 2.36. The molecule has 150 valence electrons. The lowest BCUT2D eigenvalue weighted by atomic mass is 10.1. The molecule has 29 heavy (non-hydrogen) atoms. The lowest BCUT2D eigenvalue weighted by Gasteiger charge is -2.19. The number of carbonyl (C=O) groups excluding carboxylic acids is 2. The molecule has 2 N–H and O–H groups in total. The quantitative estimate of drug-likeness (QED) is 0.460. The average Bonchev–Trinajstić information content (AvgIpc) is 2.96. The van der Waals surface area contributed by atoms with Crippen molar-refractivity contribution >= 4 is 29.3 Å². The molecule has 1 heterocycles. The number of hydrogen-bond donors (Lipinski definition) is 2. The molecule has 0 atom stereocenters. The second-order valence-corrected chi connectivity index (χ2v) is 6.35. The van der Waals surface area contributed by atoms with Gasteiger partial charge in [-0.3, -0.25) is 20.0 Å². The predicted octanol–water partition coefficient (Wildman–Crippen LogP) is 3.61. The Labute approximate surface area is 168 Å². The number of hydrogen-bond acceptors (Lipinski definition) is 3. The van der Waals surface area contributed by atoms with Crippen molar-refractivity contribution in [3.63, 3.8) is 0 Å². The fourth-order valence-electron chi connectivity index (χ4n) is 2.78. The molecular weight excluding hydrogens is 373 g/mol. The molecule has 2 amide bonds. The maximum Gasteiger partial charge on any atom is 0.280 e. The predicted molar refractivity (Wildman–Crippen MR) is 110 cm³/mol. The summed E-state index contributed by atoms with van der Waals surface area (Å²) >= 11 is 0. The van der Waals surface area contributed by atoms with Crippen molar-refractivity contribution < 1.29 is 14.0 Å². The van der Waals surface area contributed by atoms with E-state index >= 15 is 0 Å². The normalized spacial score (nSPS) is 14.2. The second-order valence-electron chi connectivity index (χ2n) is 6.35. The summed E-state index contributed by atoms with van der Waals surface area (Å²) in [6.45, 7) is 4.51. The Bertz CT molecular complexity index is 952. The lowest BCUT2D eigenvalue weighted by molar-refractivity contribution is 0.0611. The van der Waals surface area contributed by atoms with Crippen LogP contribution in [0.3, 0.4) is 0 Å². The molecule has 2 aromatic carbocycles. The van der Waals surface area contributed by atoms with Gasteiger partial charge in [0.25, 0.3) is 11.8 Å². The summed E-state index contributed by atoms with van der Waals surface area (Å²) < 4.78 is 13.6. The van der Waals surface area contributed by atoms with Crippen LogP contribution in [0.5, 0.6) is 0 Å². The van der Waals surface area contributed by atoms with Crippen molar-refractivity contribution in [3.8, 4) is 0 Å². The number of fused-ring (bicyclic) bond motifs is 1. The Kier molecular flexibility index (Phi) is 6.33. The fraction of sp³-hybridized carbons (Fsp3) is 0.238. The van der Waals surface area contributed by atoms with Crippen molar-refractivity contribution in [1.82, 2.24) is 10.4 Å². The zero-order chi connectivity index (χ0) is 20.8. The van der Waals surface area contributed by atoms with Crippen LogP contribution >= 0.6 is 0 Å². The molecule has 0 bridgehead atoms. The Balaban J connectivity index is 1.91. The first-order valence-corrected chi connectivity index (χ1v) is 9.42. The summed E-state index contributed by atoms with van der Waals surface area (Å²) in [5.41, 5.74) is 3.78. The Morgan fingerprint density at radius 1 is 1.03 bits per heavy atom. The number of nitrogens with zero attached hydrogens (tertiary/aromatic N) is 3. The van der Waals surface area contributed by atoms with Gasteiger partial charge in [-0.1, -0.05) is 32.0 Å². The number of benzene rings is 2. The highest BCUT2D eigenvalue weighted by Crippen LogP contribution is 2.21. The van der Waals surface area contributed by atoms with Crippen LogP contribution in [0, 0.1) is 5.82 Å². The molecule has 0 saturated heterocycles. The first-order valence-electron chi connectivity index (χ1n) is 9.42. The monoisotopic (exact) mass is 395 g/mol.